The lowest BCUT2D eigenvalue weighted by Crippen LogP contribution is -2.52. The molecule has 0 heterocycles. The number of halogens is 8. The number of alkyl halides is 7. The summed E-state index contributed by atoms with van der Waals surface area (Å²) in [5, 5.41) is -1.50. The van der Waals surface area contributed by atoms with Crippen LogP contribution in [0.15, 0.2) is 47.4 Å². The van der Waals surface area contributed by atoms with E-state index in [0.29, 0.717) is 6.08 Å². The molecule has 1 saturated carbocycles. The van der Waals surface area contributed by atoms with Crippen LogP contribution in [0.2, 0.25) is 0 Å². The van der Waals surface area contributed by atoms with Gasteiger partial charge in [0.15, 0.2) is 9.84 Å². The van der Waals surface area contributed by atoms with Crippen LogP contribution in [-0.2, 0) is 19.9 Å². The molecule has 3 aliphatic carbocycles. The Bertz CT molecular complexity index is 1220. The summed E-state index contributed by atoms with van der Waals surface area (Å²) in [5.41, 5.74) is -6.98. The third-order valence-corrected chi connectivity index (χ3v) is 11.3. The molecular weight excluding hydrogens is 558 g/mol. The molecule has 1 fully saturated rings. The van der Waals surface area contributed by atoms with E-state index in [-0.39, 0.29) is 25.7 Å². The topological polar surface area (TPSA) is 80.3 Å². The van der Waals surface area contributed by atoms with E-state index in [1.165, 1.54) is 11.6 Å². The lowest BCUT2D eigenvalue weighted by Gasteiger charge is -2.45. The van der Waals surface area contributed by atoms with E-state index in [1.807, 2.05) is 0 Å². The molecule has 37 heavy (non-hydrogen) atoms. The van der Waals surface area contributed by atoms with Crippen LogP contribution in [0.25, 0.3) is 0 Å². The molecule has 3 atom stereocenters. The van der Waals surface area contributed by atoms with Crippen molar-refractivity contribution in [1.82, 2.24) is 4.72 Å². The largest absolute Gasteiger partial charge is 0.511 e. The summed E-state index contributed by atoms with van der Waals surface area (Å²) >= 11 is 0. The van der Waals surface area contributed by atoms with Crippen molar-refractivity contribution >= 4 is 19.9 Å². The van der Waals surface area contributed by atoms with E-state index in [1.54, 1.807) is 0 Å². The maximum absolute atomic E-state index is 15.1. The molecule has 0 aromatic rings. The van der Waals surface area contributed by atoms with E-state index >= 15 is 4.39 Å². The summed E-state index contributed by atoms with van der Waals surface area (Å²) in [4.78, 5) is 0. The second-order valence-corrected chi connectivity index (χ2v) is 13.6. The highest BCUT2D eigenvalue weighted by atomic mass is 32.2. The zero-order chi connectivity index (χ0) is 28.0. The van der Waals surface area contributed by atoms with Crippen LogP contribution in [0.4, 0.5) is 35.1 Å². The predicted molar refractivity (Wildman–Crippen MR) is 120 cm³/mol. The molecule has 5 nitrogen and oxygen atoms in total. The third kappa shape index (κ3) is 5.82. The maximum atomic E-state index is 15.1. The molecule has 0 aromatic carbocycles. The van der Waals surface area contributed by atoms with Gasteiger partial charge in [-0.2, -0.15) is 26.3 Å². The first-order chi connectivity index (χ1) is 16.8. The van der Waals surface area contributed by atoms with Gasteiger partial charge in [-0.05, 0) is 55.2 Å². The fraction of sp³-hybridized carbons (Fsp3) is 0.636. The fourth-order valence-corrected chi connectivity index (χ4v) is 8.48. The van der Waals surface area contributed by atoms with Crippen LogP contribution in [0, 0.1) is 11.8 Å². The minimum absolute atomic E-state index is 0.149. The van der Waals surface area contributed by atoms with Gasteiger partial charge in [-0.15, -0.1) is 0 Å². The van der Waals surface area contributed by atoms with Gasteiger partial charge in [0.25, 0.3) is 0 Å². The van der Waals surface area contributed by atoms with Crippen molar-refractivity contribution in [3.8, 4) is 0 Å². The van der Waals surface area contributed by atoms with Crippen molar-refractivity contribution in [3.63, 3.8) is 0 Å². The zero-order valence-corrected chi connectivity index (χ0v) is 21.0. The minimum atomic E-state index is -5.64. The maximum Gasteiger partial charge on any atom is 0.511 e. The van der Waals surface area contributed by atoms with Crippen LogP contribution >= 0.6 is 0 Å². The van der Waals surface area contributed by atoms with Gasteiger partial charge in [0, 0.05) is 13.0 Å². The Morgan fingerprint density at radius 3 is 2.16 bits per heavy atom. The number of sulfone groups is 1. The molecule has 0 spiro atoms. The highest BCUT2D eigenvalue weighted by molar-refractivity contribution is 7.93. The SMILES string of the molecule is CC1C=C(C(F)(F)F)C=CC1S(=O)(=O)C1(C2=CC(F)=CCC2F)CCC(CNS(=O)(=O)C(F)(F)F)CC1. The Labute approximate surface area is 209 Å². The zero-order valence-electron chi connectivity index (χ0n) is 19.4. The van der Waals surface area contributed by atoms with Crippen molar-refractivity contribution in [3.05, 3.63) is 47.4 Å². The van der Waals surface area contributed by atoms with E-state index in [0.717, 1.165) is 24.3 Å². The molecular formula is C22H25F8NO4S2. The molecule has 3 aliphatic rings. The Hall–Kier alpha value is -1.74. The molecule has 0 radical (unpaired) electrons. The summed E-state index contributed by atoms with van der Waals surface area (Å²) in [6.07, 6.45) is -4.21. The summed E-state index contributed by atoms with van der Waals surface area (Å²) in [6.45, 7) is 0.604. The molecule has 0 bridgehead atoms. The van der Waals surface area contributed by atoms with Crippen LogP contribution in [-0.4, -0.2) is 51.2 Å². The summed E-state index contributed by atoms with van der Waals surface area (Å²) in [7, 11) is -10.2. The van der Waals surface area contributed by atoms with E-state index < -0.39 is 89.5 Å². The van der Waals surface area contributed by atoms with E-state index in [4.69, 9.17) is 0 Å². The van der Waals surface area contributed by atoms with Gasteiger partial charge in [-0.3, -0.25) is 0 Å². The quantitative estimate of drug-likeness (QED) is 0.428. The summed E-state index contributed by atoms with van der Waals surface area (Å²) in [5.74, 6) is -2.79. The van der Waals surface area contributed by atoms with Gasteiger partial charge >= 0.3 is 21.7 Å². The Morgan fingerprint density at radius 1 is 1.05 bits per heavy atom. The van der Waals surface area contributed by atoms with Gasteiger partial charge < -0.3 is 0 Å². The number of rotatable bonds is 6. The predicted octanol–water partition coefficient (Wildman–Crippen LogP) is 5.35. The van der Waals surface area contributed by atoms with Crippen molar-refractivity contribution in [2.75, 3.05) is 6.54 Å². The van der Waals surface area contributed by atoms with E-state index in [2.05, 4.69) is 0 Å². The second kappa shape index (κ2) is 10.1. The van der Waals surface area contributed by atoms with Crippen molar-refractivity contribution in [1.29, 1.82) is 0 Å². The normalized spacial score (nSPS) is 32.0. The lowest BCUT2D eigenvalue weighted by molar-refractivity contribution is -0.0888. The first kappa shape index (κ1) is 29.8. The number of nitrogens with one attached hydrogen (secondary N) is 1. The van der Waals surface area contributed by atoms with Gasteiger partial charge in [-0.1, -0.05) is 25.2 Å². The minimum Gasteiger partial charge on any atom is -0.242 e. The first-order valence-corrected chi connectivity index (χ1v) is 14.3. The average molecular weight is 584 g/mol. The smallest absolute Gasteiger partial charge is 0.242 e. The summed E-state index contributed by atoms with van der Waals surface area (Å²) in [6, 6.07) is 0. The van der Waals surface area contributed by atoms with Crippen LogP contribution in [0.3, 0.4) is 0 Å². The first-order valence-electron chi connectivity index (χ1n) is 11.3. The number of sulfonamides is 1. The van der Waals surface area contributed by atoms with Crippen molar-refractivity contribution in [2.45, 2.75) is 66.9 Å². The molecule has 1 N–H and O–H groups in total. The molecule has 3 unspecified atom stereocenters. The molecule has 0 aromatic heterocycles. The fourth-order valence-electron chi connectivity index (χ4n) is 5.10. The van der Waals surface area contributed by atoms with E-state index in [9.17, 15) is 47.6 Å². The lowest BCUT2D eigenvalue weighted by atomic mass is 9.75. The van der Waals surface area contributed by atoms with Crippen molar-refractivity contribution < 1.29 is 52.0 Å². The second-order valence-electron chi connectivity index (χ2n) is 9.47. The van der Waals surface area contributed by atoms with Crippen LogP contribution in [0.1, 0.15) is 39.0 Å². The molecule has 15 heteroatoms. The van der Waals surface area contributed by atoms with Crippen LogP contribution < -0.4 is 4.72 Å². The molecule has 3 rings (SSSR count). The molecule has 210 valence electrons. The van der Waals surface area contributed by atoms with Gasteiger partial charge in [0.1, 0.15) is 12.0 Å². The van der Waals surface area contributed by atoms with Gasteiger partial charge in [0.05, 0.1) is 15.6 Å². The molecule has 0 aliphatic heterocycles. The third-order valence-electron chi connectivity index (χ3n) is 7.11. The monoisotopic (exact) mass is 583 g/mol. The number of hydrogen-bond acceptors (Lipinski definition) is 4. The number of hydrogen-bond donors (Lipinski definition) is 1. The molecule has 0 saturated heterocycles. The Morgan fingerprint density at radius 2 is 1.65 bits per heavy atom. The Kier molecular flexibility index (Phi) is 8.14. The average Bonchev–Trinajstić information content (AvgIpc) is 2.78. The highest BCUT2D eigenvalue weighted by Crippen LogP contribution is 2.50. The van der Waals surface area contributed by atoms with Gasteiger partial charge in [0.2, 0.25) is 0 Å². The van der Waals surface area contributed by atoms with Gasteiger partial charge in [-0.25, -0.2) is 30.3 Å². The summed E-state index contributed by atoms with van der Waals surface area (Å²) < 4.78 is 156. The molecule has 0 amide bonds. The number of allylic oxidation sites excluding steroid dienone is 6. The highest BCUT2D eigenvalue weighted by Gasteiger charge is 2.55. The van der Waals surface area contributed by atoms with Crippen molar-refractivity contribution in [2.24, 2.45) is 11.8 Å². The standard InChI is InChI=1S/C22H25F8NO4S2/c1-13-10-15(21(25,26)27)2-5-19(13)36(32,33)20(17-11-16(23)3-4-18(17)24)8-6-14(7-9-20)12-31-37(34,35)22(28,29)30/h2-3,5,10-11,13-14,18-19,31H,4,6-9,12H2,1H3. The van der Waals surface area contributed by atoms with Crippen LogP contribution in [0.5, 0.6) is 0 Å². The Balaban J connectivity index is 1.94.